The minimum atomic E-state index is -4.06. The molecular formula is C26H22N2O5S. The Morgan fingerprint density at radius 2 is 1.62 bits per heavy atom. The number of para-hydroxylation sites is 1. The van der Waals surface area contributed by atoms with E-state index in [1.807, 2.05) is 6.92 Å². The van der Waals surface area contributed by atoms with E-state index in [9.17, 15) is 18.0 Å². The molecule has 0 aliphatic heterocycles. The number of hydrogen-bond acceptors (Lipinski definition) is 6. The van der Waals surface area contributed by atoms with Crippen LogP contribution in [0.5, 0.6) is 0 Å². The van der Waals surface area contributed by atoms with E-state index in [-0.39, 0.29) is 27.7 Å². The van der Waals surface area contributed by atoms with Gasteiger partial charge in [0, 0.05) is 11.1 Å². The molecule has 0 saturated heterocycles. The Morgan fingerprint density at radius 1 is 0.941 bits per heavy atom. The van der Waals surface area contributed by atoms with Gasteiger partial charge >= 0.3 is 5.97 Å². The van der Waals surface area contributed by atoms with Gasteiger partial charge in [0.1, 0.15) is 0 Å². The lowest BCUT2D eigenvalue weighted by Gasteiger charge is -2.19. The normalized spacial score (nSPS) is 14.4. The largest absolute Gasteiger partial charge is 0.465 e. The summed E-state index contributed by atoms with van der Waals surface area (Å²) in [7, 11) is -2.79. The van der Waals surface area contributed by atoms with E-state index in [0.717, 1.165) is 5.56 Å². The van der Waals surface area contributed by atoms with Crippen LogP contribution in [0.1, 0.15) is 37.4 Å². The molecule has 0 radical (unpaired) electrons. The molecule has 0 spiro atoms. The number of allylic oxidation sites excluding steroid dienone is 2. The lowest BCUT2D eigenvalue weighted by Crippen LogP contribution is -2.23. The number of esters is 1. The van der Waals surface area contributed by atoms with Crippen LogP contribution in [0.4, 0.5) is 5.69 Å². The van der Waals surface area contributed by atoms with Gasteiger partial charge < -0.3 is 10.1 Å². The van der Waals surface area contributed by atoms with Crippen LogP contribution in [0.3, 0.4) is 0 Å². The maximum atomic E-state index is 13.2. The van der Waals surface area contributed by atoms with E-state index in [2.05, 4.69) is 9.71 Å². The van der Waals surface area contributed by atoms with Crippen molar-refractivity contribution in [2.75, 3.05) is 12.4 Å². The quantitative estimate of drug-likeness (QED) is 0.548. The summed E-state index contributed by atoms with van der Waals surface area (Å²) in [5, 5.41) is 2.96. The predicted octanol–water partition coefficient (Wildman–Crippen LogP) is 4.46. The van der Waals surface area contributed by atoms with Crippen molar-refractivity contribution in [2.45, 2.75) is 18.7 Å². The maximum absolute atomic E-state index is 13.2. The number of carbonyl (C=O) groups is 2. The van der Waals surface area contributed by atoms with E-state index >= 15 is 0 Å². The first-order chi connectivity index (χ1) is 16.2. The van der Waals surface area contributed by atoms with Crippen molar-refractivity contribution in [1.82, 2.24) is 0 Å². The van der Waals surface area contributed by atoms with E-state index in [4.69, 9.17) is 4.74 Å². The number of anilines is 1. The summed E-state index contributed by atoms with van der Waals surface area (Å²) in [4.78, 5) is 25.4. The van der Waals surface area contributed by atoms with Gasteiger partial charge in [-0.2, -0.15) is 12.8 Å². The second kappa shape index (κ2) is 9.07. The van der Waals surface area contributed by atoms with Crippen molar-refractivity contribution in [3.63, 3.8) is 0 Å². The molecule has 1 aliphatic carbocycles. The summed E-state index contributed by atoms with van der Waals surface area (Å²) in [6.45, 7) is 3.59. The van der Waals surface area contributed by atoms with Gasteiger partial charge in [-0.3, -0.25) is 4.79 Å². The molecule has 0 unspecified atom stereocenters. The molecule has 0 heterocycles. The first-order valence-electron chi connectivity index (χ1n) is 10.4. The topological polar surface area (TPSA) is 102 Å². The highest BCUT2D eigenvalue weighted by molar-refractivity contribution is 7.90. The lowest BCUT2D eigenvalue weighted by atomic mass is 9.92. The smallest absolute Gasteiger partial charge is 0.339 e. The molecule has 0 amide bonds. The number of nitrogens with zero attached hydrogens (tertiary/aromatic N) is 1. The highest BCUT2D eigenvalue weighted by Gasteiger charge is 2.27. The standard InChI is InChI=1S/C26H22N2O5S/c1-16-12-13-24(17(2)14-16)34(31,32)28-22-15-23(25(29)19-9-5-4-8-18(19)22)27-21-11-7-6-10-20(21)26(30)33-3/h4-15,27H,1-3H3/b28-22-. The molecule has 0 bridgehead atoms. The number of rotatable bonds is 5. The van der Waals surface area contributed by atoms with E-state index in [0.29, 0.717) is 22.4 Å². The number of fused-ring (bicyclic) bond motifs is 1. The van der Waals surface area contributed by atoms with Crippen molar-refractivity contribution < 1.29 is 22.7 Å². The van der Waals surface area contributed by atoms with Crippen LogP contribution < -0.4 is 5.32 Å². The third-order valence-electron chi connectivity index (χ3n) is 5.40. The third-order valence-corrected chi connectivity index (χ3v) is 6.85. The predicted molar refractivity (Wildman–Crippen MR) is 130 cm³/mol. The summed E-state index contributed by atoms with van der Waals surface area (Å²) >= 11 is 0. The number of benzene rings is 3. The number of ether oxygens (including phenoxy) is 1. The van der Waals surface area contributed by atoms with Gasteiger partial charge in [-0.05, 0) is 43.7 Å². The van der Waals surface area contributed by atoms with E-state index in [1.165, 1.54) is 19.3 Å². The third kappa shape index (κ3) is 4.40. The summed E-state index contributed by atoms with van der Waals surface area (Å²) in [6, 6.07) is 18.3. The van der Waals surface area contributed by atoms with Gasteiger partial charge in [0.2, 0.25) is 5.78 Å². The number of Topliss-reactive ketones (excluding diaryl/α,β-unsaturated/α-hetero) is 1. The van der Waals surface area contributed by atoms with Gasteiger partial charge in [0.25, 0.3) is 10.0 Å². The molecule has 1 N–H and O–H groups in total. The second-order valence-corrected chi connectivity index (χ2v) is 9.39. The maximum Gasteiger partial charge on any atom is 0.339 e. The minimum absolute atomic E-state index is 0.0876. The number of methoxy groups -OCH3 is 1. The molecule has 172 valence electrons. The zero-order valence-electron chi connectivity index (χ0n) is 18.8. The Morgan fingerprint density at radius 3 is 2.32 bits per heavy atom. The highest BCUT2D eigenvalue weighted by atomic mass is 32.2. The molecule has 0 fully saturated rings. The van der Waals surface area contributed by atoms with Gasteiger partial charge in [-0.1, -0.05) is 54.1 Å². The number of hydrogen-bond donors (Lipinski definition) is 1. The molecule has 4 rings (SSSR count). The van der Waals surface area contributed by atoms with Gasteiger partial charge in [-0.15, -0.1) is 0 Å². The number of carbonyl (C=O) groups excluding carboxylic acids is 2. The van der Waals surface area contributed by atoms with E-state index in [1.54, 1.807) is 67.6 Å². The van der Waals surface area contributed by atoms with Crippen molar-refractivity contribution >= 4 is 33.2 Å². The fourth-order valence-electron chi connectivity index (χ4n) is 3.79. The molecule has 8 heteroatoms. The zero-order chi connectivity index (χ0) is 24.5. The fraction of sp³-hybridized carbons (Fsp3) is 0.115. The molecule has 3 aromatic rings. The average molecular weight is 475 g/mol. The van der Waals surface area contributed by atoms with Crippen LogP contribution in [0.15, 0.2) is 87.8 Å². The van der Waals surface area contributed by atoms with Crippen molar-refractivity contribution in [3.05, 3.63) is 106 Å². The molecule has 34 heavy (non-hydrogen) atoms. The van der Waals surface area contributed by atoms with E-state index < -0.39 is 16.0 Å². The monoisotopic (exact) mass is 474 g/mol. The van der Waals surface area contributed by atoms with Gasteiger partial charge in [0.15, 0.2) is 0 Å². The Balaban J connectivity index is 1.84. The molecule has 3 aromatic carbocycles. The Hall–Kier alpha value is -4.04. The Labute approximate surface area is 197 Å². The van der Waals surface area contributed by atoms with Crippen LogP contribution in [-0.4, -0.2) is 33.0 Å². The van der Waals surface area contributed by atoms with Crippen molar-refractivity contribution in [2.24, 2.45) is 4.40 Å². The lowest BCUT2D eigenvalue weighted by molar-refractivity contribution is 0.0601. The molecule has 7 nitrogen and oxygen atoms in total. The van der Waals surface area contributed by atoms with Crippen LogP contribution in [-0.2, 0) is 14.8 Å². The molecule has 0 aromatic heterocycles. The van der Waals surface area contributed by atoms with Crippen LogP contribution >= 0.6 is 0 Å². The number of nitrogens with one attached hydrogen (secondary N) is 1. The van der Waals surface area contributed by atoms with Crippen LogP contribution in [0.25, 0.3) is 0 Å². The highest BCUT2D eigenvalue weighted by Crippen LogP contribution is 2.27. The summed E-state index contributed by atoms with van der Waals surface area (Å²) in [5.74, 6) is -0.920. The van der Waals surface area contributed by atoms with Crippen molar-refractivity contribution in [1.29, 1.82) is 0 Å². The minimum Gasteiger partial charge on any atom is -0.465 e. The number of sulfonamides is 1. The fourth-order valence-corrected chi connectivity index (χ4v) is 5.00. The molecule has 0 saturated carbocycles. The van der Waals surface area contributed by atoms with Crippen LogP contribution in [0, 0.1) is 13.8 Å². The SMILES string of the molecule is COC(=O)c1ccccc1NC1=C/C(=N/S(=O)(=O)c2ccc(C)cc2C)c2ccccc2C1=O. The number of aryl methyl sites for hydroxylation is 2. The molecule has 0 atom stereocenters. The van der Waals surface area contributed by atoms with Gasteiger partial charge in [0.05, 0.1) is 34.7 Å². The summed E-state index contributed by atoms with van der Waals surface area (Å²) in [5.41, 5.74) is 3.03. The van der Waals surface area contributed by atoms with Crippen molar-refractivity contribution in [3.8, 4) is 0 Å². The Kier molecular flexibility index (Phi) is 6.17. The Bertz CT molecular complexity index is 1490. The summed E-state index contributed by atoms with van der Waals surface area (Å²) < 4.78 is 35.3. The first-order valence-corrected chi connectivity index (χ1v) is 11.9. The molecule has 1 aliphatic rings. The van der Waals surface area contributed by atoms with Gasteiger partial charge in [-0.25, -0.2) is 4.79 Å². The van der Waals surface area contributed by atoms with Crippen LogP contribution in [0.2, 0.25) is 0 Å². The first kappa shape index (κ1) is 23.1. The zero-order valence-corrected chi connectivity index (χ0v) is 19.6. The second-order valence-electron chi connectivity index (χ2n) is 7.82. The molecular weight excluding hydrogens is 452 g/mol. The number of ketones is 1. The average Bonchev–Trinajstić information content (AvgIpc) is 2.81. The summed E-state index contributed by atoms with van der Waals surface area (Å²) in [6.07, 6.45) is 1.39.